The van der Waals surface area contributed by atoms with Crippen LogP contribution in [0.3, 0.4) is 0 Å². The van der Waals surface area contributed by atoms with Crippen molar-refractivity contribution in [2.75, 3.05) is 0 Å². The predicted molar refractivity (Wildman–Crippen MR) is 120 cm³/mol. The molecule has 0 nitrogen and oxygen atoms in total. The Morgan fingerprint density at radius 3 is 2.21 bits per heavy atom. The third kappa shape index (κ3) is 2.85. The van der Waals surface area contributed by atoms with Crippen LogP contribution in [0.15, 0.2) is 83.5 Å². The second-order valence-electron chi connectivity index (χ2n) is 8.47. The van der Waals surface area contributed by atoms with E-state index in [1.54, 1.807) is 0 Å². The molecule has 0 saturated carbocycles. The van der Waals surface area contributed by atoms with Gasteiger partial charge in [-0.2, -0.15) is 0 Å². The van der Waals surface area contributed by atoms with Gasteiger partial charge in [0.15, 0.2) is 0 Å². The van der Waals surface area contributed by atoms with E-state index in [4.69, 9.17) is 0 Å². The largest absolute Gasteiger partial charge is 0.269 e. The van der Waals surface area contributed by atoms with E-state index in [2.05, 4.69) is 94.5 Å². The van der Waals surface area contributed by atoms with Crippen molar-refractivity contribution < 1.29 is 9.41 Å². The van der Waals surface area contributed by atoms with E-state index < -0.39 is 0 Å². The molecule has 1 unspecified atom stereocenters. The van der Waals surface area contributed by atoms with Gasteiger partial charge in [-0.25, -0.2) is 0 Å². The van der Waals surface area contributed by atoms with Crippen molar-refractivity contribution in [2.45, 2.75) is 45.4 Å². The summed E-state index contributed by atoms with van der Waals surface area (Å²) in [5.74, 6) is 0.383. The van der Waals surface area contributed by atoms with E-state index in [-0.39, 0.29) is 14.8 Å². The lowest BCUT2D eigenvalue weighted by Gasteiger charge is -2.32. The van der Waals surface area contributed by atoms with E-state index in [0.29, 0.717) is 5.92 Å². The maximum Gasteiger partial charge on any atom is 0.0327 e. The molecule has 0 aliphatic heterocycles. The van der Waals surface area contributed by atoms with Crippen molar-refractivity contribution in [3.05, 3.63) is 106 Å². The van der Waals surface area contributed by atoms with Gasteiger partial charge in [0.25, 0.3) is 0 Å². The topological polar surface area (TPSA) is 0 Å². The molecule has 0 bridgehead atoms. The fourth-order valence-electron chi connectivity index (χ4n) is 5.35. The molecule has 2 aromatic carbocycles. The highest BCUT2D eigenvalue weighted by molar-refractivity contribution is 5.80. The second kappa shape index (κ2) is 7.26. The lowest BCUT2D eigenvalue weighted by atomic mass is 9.71. The lowest BCUT2D eigenvalue weighted by Crippen LogP contribution is -2.24. The molecule has 0 spiro atoms. The standard InChI is InChI=1S/C27H26.2FH/c1-17-16-27(4,19(3)18(17)2)26-23(20-9-5-6-10-20)13-14-24-22-12-8-7-11-21(22)15-25(24)26;;/h5-14,16,20H,15H2,1-4H3;2*1H. The normalized spacial score (nSPS) is 21.6. The molecular weight excluding hydrogens is 362 g/mol. The monoisotopic (exact) mass is 390 g/mol. The van der Waals surface area contributed by atoms with Crippen LogP contribution >= 0.6 is 0 Å². The van der Waals surface area contributed by atoms with Gasteiger partial charge in [0.05, 0.1) is 0 Å². The molecule has 150 valence electrons. The molecule has 0 amide bonds. The van der Waals surface area contributed by atoms with Gasteiger partial charge in [-0.1, -0.05) is 77.9 Å². The number of fused-ring (bicyclic) bond motifs is 3. The molecule has 0 N–H and O–H groups in total. The van der Waals surface area contributed by atoms with Crippen LogP contribution in [0.2, 0.25) is 0 Å². The quantitative estimate of drug-likeness (QED) is 0.430. The molecule has 0 radical (unpaired) electrons. The zero-order valence-corrected chi connectivity index (χ0v) is 17.5. The van der Waals surface area contributed by atoms with Gasteiger partial charge in [-0.15, -0.1) is 0 Å². The van der Waals surface area contributed by atoms with E-state index in [1.807, 2.05) is 0 Å². The van der Waals surface area contributed by atoms with Crippen LogP contribution in [0.5, 0.6) is 0 Å². The van der Waals surface area contributed by atoms with Gasteiger partial charge in [0.1, 0.15) is 0 Å². The van der Waals surface area contributed by atoms with Crippen LogP contribution in [0, 0.1) is 0 Å². The van der Waals surface area contributed by atoms with Crippen molar-refractivity contribution in [3.63, 3.8) is 0 Å². The van der Waals surface area contributed by atoms with E-state index in [9.17, 15) is 0 Å². The smallest absolute Gasteiger partial charge is 0.0327 e. The molecule has 2 heteroatoms. The fraction of sp³-hybridized carbons (Fsp3) is 0.259. The van der Waals surface area contributed by atoms with Gasteiger partial charge in [-0.05, 0) is 73.1 Å². The molecule has 3 aliphatic carbocycles. The molecular formula is C27H28F2. The third-order valence-corrected chi connectivity index (χ3v) is 7.08. The van der Waals surface area contributed by atoms with Gasteiger partial charge in [0, 0.05) is 11.3 Å². The summed E-state index contributed by atoms with van der Waals surface area (Å²) in [6.45, 7) is 9.29. The average Bonchev–Trinajstić information content (AvgIpc) is 3.36. The Bertz CT molecular complexity index is 1090. The average molecular weight is 391 g/mol. The Morgan fingerprint density at radius 2 is 1.55 bits per heavy atom. The van der Waals surface area contributed by atoms with Crippen molar-refractivity contribution in [2.24, 2.45) is 0 Å². The summed E-state index contributed by atoms with van der Waals surface area (Å²) < 4.78 is 0. The highest BCUT2D eigenvalue weighted by atomic mass is 19.0. The zero-order valence-electron chi connectivity index (χ0n) is 17.5. The molecule has 5 rings (SSSR count). The predicted octanol–water partition coefficient (Wildman–Crippen LogP) is 7.33. The number of allylic oxidation sites excluding steroid dienone is 8. The summed E-state index contributed by atoms with van der Waals surface area (Å²) in [4.78, 5) is 0. The number of rotatable bonds is 2. The molecule has 0 fully saturated rings. The Hall–Kier alpha value is -2.74. The van der Waals surface area contributed by atoms with Crippen molar-refractivity contribution in [1.29, 1.82) is 0 Å². The molecule has 0 aromatic heterocycles. The zero-order chi connectivity index (χ0) is 18.8. The summed E-state index contributed by atoms with van der Waals surface area (Å²) in [5, 5.41) is 0. The molecule has 0 heterocycles. The van der Waals surface area contributed by atoms with Crippen LogP contribution in [-0.4, -0.2) is 0 Å². The van der Waals surface area contributed by atoms with E-state index >= 15 is 0 Å². The molecule has 2 aromatic rings. The SMILES string of the molecule is CC1=CC(C)(c2c(C3C=CC=C3)ccc3c2Cc2ccccc2-3)C(C)=C1C.F.F. The summed E-state index contributed by atoms with van der Waals surface area (Å²) in [5.41, 5.74) is 13.2. The Labute approximate surface area is 172 Å². The minimum absolute atomic E-state index is 0. The molecule has 29 heavy (non-hydrogen) atoms. The van der Waals surface area contributed by atoms with Crippen LogP contribution in [-0.2, 0) is 11.8 Å². The number of halogens is 2. The summed E-state index contributed by atoms with van der Waals surface area (Å²) in [7, 11) is 0. The lowest BCUT2D eigenvalue weighted by molar-refractivity contribution is 0.691. The summed E-state index contributed by atoms with van der Waals surface area (Å²) >= 11 is 0. The minimum atomic E-state index is -0.0266. The number of benzene rings is 2. The van der Waals surface area contributed by atoms with Crippen molar-refractivity contribution in [1.82, 2.24) is 0 Å². The molecule has 1 atom stereocenters. The van der Waals surface area contributed by atoms with Crippen molar-refractivity contribution in [3.8, 4) is 11.1 Å². The fourth-order valence-corrected chi connectivity index (χ4v) is 5.35. The van der Waals surface area contributed by atoms with Gasteiger partial charge in [0.2, 0.25) is 0 Å². The summed E-state index contributed by atoms with van der Waals surface area (Å²) in [6.07, 6.45) is 12.6. The summed E-state index contributed by atoms with van der Waals surface area (Å²) in [6, 6.07) is 13.7. The van der Waals surface area contributed by atoms with E-state index in [1.165, 1.54) is 50.1 Å². The first-order chi connectivity index (χ1) is 13.0. The third-order valence-electron chi connectivity index (χ3n) is 7.08. The maximum atomic E-state index is 2.50. The first kappa shape index (κ1) is 21.0. The number of hydrogen-bond acceptors (Lipinski definition) is 0. The highest BCUT2D eigenvalue weighted by Crippen LogP contribution is 2.51. The maximum absolute atomic E-state index is 2.50. The van der Waals surface area contributed by atoms with Gasteiger partial charge in [-0.3, -0.25) is 9.41 Å². The van der Waals surface area contributed by atoms with Gasteiger partial charge >= 0.3 is 0 Å². The van der Waals surface area contributed by atoms with Crippen LogP contribution in [0.1, 0.15) is 55.9 Å². The molecule has 0 saturated heterocycles. The Kier molecular flexibility index (Phi) is 5.25. The van der Waals surface area contributed by atoms with Crippen LogP contribution in [0.4, 0.5) is 9.41 Å². The van der Waals surface area contributed by atoms with Gasteiger partial charge < -0.3 is 0 Å². The minimum Gasteiger partial charge on any atom is -0.269 e. The molecule has 3 aliphatic rings. The van der Waals surface area contributed by atoms with Crippen LogP contribution < -0.4 is 0 Å². The van der Waals surface area contributed by atoms with E-state index in [0.717, 1.165) is 6.42 Å². The Balaban J connectivity index is 0.00000120. The highest BCUT2D eigenvalue weighted by Gasteiger charge is 2.39. The first-order valence-corrected chi connectivity index (χ1v) is 9.98. The Morgan fingerprint density at radius 1 is 0.862 bits per heavy atom. The second-order valence-corrected chi connectivity index (χ2v) is 8.47. The van der Waals surface area contributed by atoms with Crippen LogP contribution in [0.25, 0.3) is 11.1 Å². The first-order valence-electron chi connectivity index (χ1n) is 9.98. The van der Waals surface area contributed by atoms with Crippen molar-refractivity contribution >= 4 is 0 Å². The number of hydrogen-bond donors (Lipinski definition) is 0.